The second kappa shape index (κ2) is 41.1. The van der Waals surface area contributed by atoms with Crippen molar-refractivity contribution in [1.82, 2.24) is 0 Å². The molecular formula is C48H96O3. The maximum atomic E-state index is 5.22. The summed E-state index contributed by atoms with van der Waals surface area (Å²) < 4.78 is 15.6. The number of hydrogen-bond acceptors (Lipinski definition) is 3. The van der Waals surface area contributed by atoms with Crippen LogP contribution in [0, 0.1) is 0 Å². The SMILES string of the molecule is CCCCCCCCCCCCCC1CO1.CCCCCCCCCCCCCCC1CO1.CCCCCCCCCCCCCCCC1CO1. The highest BCUT2D eigenvalue weighted by atomic mass is 16.6. The Balaban J connectivity index is 0.000000383. The summed E-state index contributed by atoms with van der Waals surface area (Å²) in [5.74, 6) is 0. The molecule has 3 aliphatic rings. The topological polar surface area (TPSA) is 37.6 Å². The quantitative estimate of drug-likeness (QED) is 0.0469. The zero-order valence-electron chi connectivity index (χ0n) is 35.7. The van der Waals surface area contributed by atoms with Gasteiger partial charge in [-0.1, -0.05) is 252 Å². The molecule has 3 rings (SSSR count). The number of epoxide rings is 3. The molecule has 0 aromatic heterocycles. The van der Waals surface area contributed by atoms with E-state index in [1.165, 1.54) is 250 Å². The van der Waals surface area contributed by atoms with E-state index in [2.05, 4.69) is 20.8 Å². The molecule has 0 N–H and O–H groups in total. The lowest BCUT2D eigenvalue weighted by atomic mass is 10.0. The van der Waals surface area contributed by atoms with Crippen molar-refractivity contribution in [2.45, 2.75) is 289 Å². The van der Waals surface area contributed by atoms with Crippen LogP contribution >= 0.6 is 0 Å². The van der Waals surface area contributed by atoms with E-state index in [0.29, 0.717) is 18.3 Å². The first-order valence-corrected chi connectivity index (χ1v) is 24.1. The van der Waals surface area contributed by atoms with E-state index in [1.807, 2.05) is 0 Å². The molecular weight excluding hydrogens is 625 g/mol. The molecule has 3 fully saturated rings. The van der Waals surface area contributed by atoms with Gasteiger partial charge in [-0.2, -0.15) is 0 Å². The highest BCUT2D eigenvalue weighted by Crippen LogP contribution is 2.21. The maximum absolute atomic E-state index is 5.22. The van der Waals surface area contributed by atoms with Crippen LogP contribution in [-0.2, 0) is 14.2 Å². The largest absolute Gasteiger partial charge is 0.373 e. The zero-order valence-corrected chi connectivity index (χ0v) is 35.7. The van der Waals surface area contributed by atoms with Gasteiger partial charge in [0, 0.05) is 0 Å². The van der Waals surface area contributed by atoms with Crippen molar-refractivity contribution in [3.05, 3.63) is 0 Å². The minimum Gasteiger partial charge on any atom is -0.373 e. The van der Waals surface area contributed by atoms with Crippen LogP contribution in [0.25, 0.3) is 0 Å². The van der Waals surface area contributed by atoms with Gasteiger partial charge in [-0.05, 0) is 19.3 Å². The molecule has 0 aromatic carbocycles. The van der Waals surface area contributed by atoms with Crippen LogP contribution in [0.3, 0.4) is 0 Å². The summed E-state index contributed by atoms with van der Waals surface area (Å²) in [6.07, 6.45) is 57.9. The molecule has 3 unspecified atom stereocenters. The molecule has 3 heteroatoms. The van der Waals surface area contributed by atoms with Crippen LogP contribution in [0.15, 0.2) is 0 Å². The van der Waals surface area contributed by atoms with E-state index in [9.17, 15) is 0 Å². The molecule has 0 saturated carbocycles. The molecule has 0 amide bonds. The highest BCUT2D eigenvalue weighted by molar-refractivity contribution is 4.69. The summed E-state index contributed by atoms with van der Waals surface area (Å²) in [7, 11) is 0. The van der Waals surface area contributed by atoms with Crippen molar-refractivity contribution < 1.29 is 14.2 Å². The van der Waals surface area contributed by atoms with Gasteiger partial charge in [0.05, 0.1) is 38.1 Å². The van der Waals surface area contributed by atoms with Gasteiger partial charge < -0.3 is 14.2 Å². The first kappa shape index (κ1) is 48.9. The van der Waals surface area contributed by atoms with E-state index in [0.717, 1.165) is 19.8 Å². The molecule has 0 spiro atoms. The molecule has 3 atom stereocenters. The number of unbranched alkanes of at least 4 members (excludes halogenated alkanes) is 33. The fourth-order valence-electron chi connectivity index (χ4n) is 7.34. The smallest absolute Gasteiger partial charge is 0.0810 e. The average molecular weight is 721 g/mol. The Bertz CT molecular complexity index is 626. The van der Waals surface area contributed by atoms with E-state index < -0.39 is 0 Å². The van der Waals surface area contributed by atoms with Crippen LogP contribution < -0.4 is 0 Å². The third-order valence-electron chi connectivity index (χ3n) is 11.3. The van der Waals surface area contributed by atoms with E-state index in [4.69, 9.17) is 14.2 Å². The molecule has 0 bridgehead atoms. The fourth-order valence-corrected chi connectivity index (χ4v) is 7.34. The summed E-state index contributed by atoms with van der Waals surface area (Å²) in [6.45, 7) is 9.98. The normalized spacial score (nSPS) is 18.5. The molecule has 3 aliphatic heterocycles. The molecule has 3 saturated heterocycles. The Labute approximate surface area is 322 Å². The van der Waals surface area contributed by atoms with Gasteiger partial charge in [0.15, 0.2) is 0 Å². The molecule has 51 heavy (non-hydrogen) atoms. The monoisotopic (exact) mass is 721 g/mol. The lowest BCUT2D eigenvalue weighted by Gasteiger charge is -2.02. The Hall–Kier alpha value is -0.120. The summed E-state index contributed by atoms with van der Waals surface area (Å²) in [5, 5.41) is 0. The Morgan fingerprint density at radius 2 is 0.373 bits per heavy atom. The van der Waals surface area contributed by atoms with Crippen molar-refractivity contribution >= 4 is 0 Å². The molecule has 306 valence electrons. The van der Waals surface area contributed by atoms with E-state index >= 15 is 0 Å². The Kier molecular flexibility index (Phi) is 39.4. The lowest BCUT2D eigenvalue weighted by Crippen LogP contribution is -1.86. The lowest BCUT2D eigenvalue weighted by molar-refractivity contribution is 0.387. The predicted octanol–water partition coefficient (Wildman–Crippen LogP) is 16.4. The van der Waals surface area contributed by atoms with Gasteiger partial charge in [0.25, 0.3) is 0 Å². The number of hydrogen-bond donors (Lipinski definition) is 0. The van der Waals surface area contributed by atoms with Gasteiger partial charge in [-0.25, -0.2) is 0 Å². The minimum absolute atomic E-state index is 0.651. The predicted molar refractivity (Wildman–Crippen MR) is 226 cm³/mol. The number of ether oxygens (including phenoxy) is 3. The van der Waals surface area contributed by atoms with Gasteiger partial charge >= 0.3 is 0 Å². The van der Waals surface area contributed by atoms with Gasteiger partial charge in [-0.3, -0.25) is 0 Å². The van der Waals surface area contributed by atoms with Crippen molar-refractivity contribution in [3.63, 3.8) is 0 Å². The van der Waals surface area contributed by atoms with Crippen molar-refractivity contribution in [3.8, 4) is 0 Å². The third-order valence-corrected chi connectivity index (χ3v) is 11.3. The Morgan fingerprint density at radius 1 is 0.235 bits per heavy atom. The molecule has 0 aliphatic carbocycles. The second-order valence-electron chi connectivity index (χ2n) is 16.9. The van der Waals surface area contributed by atoms with Gasteiger partial charge in [0.2, 0.25) is 0 Å². The first-order chi connectivity index (χ1) is 25.3. The fraction of sp³-hybridized carbons (Fsp3) is 1.00. The molecule has 0 aromatic rings. The second-order valence-corrected chi connectivity index (χ2v) is 16.9. The standard InChI is InChI=1S/C17H34O.C16H32O.C15H30O/c1-2-3-4-5-6-7-8-9-10-11-12-13-14-15-17-16-18-17;1-2-3-4-5-6-7-8-9-10-11-12-13-14-16-15-17-16;1-2-3-4-5-6-7-8-9-10-11-12-13-15-14-16-15/h17H,2-16H2,1H3;16H,2-15H2,1H3;15H,2-14H2,1H3. The Morgan fingerprint density at radius 3 is 0.510 bits per heavy atom. The van der Waals surface area contributed by atoms with Crippen molar-refractivity contribution in [2.75, 3.05) is 19.8 Å². The van der Waals surface area contributed by atoms with Crippen LogP contribution in [0.2, 0.25) is 0 Å². The number of rotatable bonds is 39. The summed E-state index contributed by atoms with van der Waals surface area (Å²) in [4.78, 5) is 0. The summed E-state index contributed by atoms with van der Waals surface area (Å²) in [5.41, 5.74) is 0. The maximum Gasteiger partial charge on any atom is 0.0810 e. The van der Waals surface area contributed by atoms with Crippen LogP contribution in [0.4, 0.5) is 0 Å². The van der Waals surface area contributed by atoms with Crippen molar-refractivity contribution in [2.24, 2.45) is 0 Å². The van der Waals surface area contributed by atoms with E-state index in [1.54, 1.807) is 0 Å². The molecule has 3 nitrogen and oxygen atoms in total. The van der Waals surface area contributed by atoms with Gasteiger partial charge in [-0.15, -0.1) is 0 Å². The van der Waals surface area contributed by atoms with E-state index in [-0.39, 0.29) is 0 Å². The highest BCUT2D eigenvalue weighted by Gasteiger charge is 2.22. The van der Waals surface area contributed by atoms with Crippen molar-refractivity contribution in [1.29, 1.82) is 0 Å². The molecule has 3 heterocycles. The third kappa shape index (κ3) is 44.2. The van der Waals surface area contributed by atoms with Crippen LogP contribution in [0.5, 0.6) is 0 Å². The molecule has 0 radical (unpaired) electrons. The summed E-state index contributed by atoms with van der Waals surface area (Å²) in [6, 6.07) is 0. The average Bonchev–Trinajstić information content (AvgIpc) is 3.99. The first-order valence-electron chi connectivity index (χ1n) is 24.1. The minimum atomic E-state index is 0.651. The van der Waals surface area contributed by atoms with Crippen LogP contribution in [-0.4, -0.2) is 38.1 Å². The summed E-state index contributed by atoms with van der Waals surface area (Å²) >= 11 is 0. The zero-order chi connectivity index (χ0) is 36.6. The van der Waals surface area contributed by atoms with Crippen LogP contribution in [0.1, 0.15) is 271 Å². The van der Waals surface area contributed by atoms with Gasteiger partial charge in [0.1, 0.15) is 0 Å².